The molecule has 17 nitrogen and oxygen atoms in total. The number of nitrogen functional groups attached to an aromatic ring is 4. The molecule has 0 aliphatic carbocycles. The van der Waals surface area contributed by atoms with Gasteiger partial charge >= 0.3 is 6.03 Å². The average molecular weight is 1210 g/mol. The van der Waals surface area contributed by atoms with Crippen molar-refractivity contribution in [3.63, 3.8) is 0 Å². The SMILES string of the molecule is C.C.C.Cc1ccc(-n2nc(C(C)(C)C)cc2N)cc1.Cc1ccc(-n2nc(C(C)(C)C)cc2NC(=O)Nc2ccc(OCc3ccnc(N)n3)c3ccccc23)cc1.Nc1nccc(COc2ccc(N)c3ccccc23)n1.[2H]CI. The van der Waals surface area contributed by atoms with Gasteiger partial charge in [-0.3, -0.25) is 5.32 Å². The molecule has 0 spiro atoms. The van der Waals surface area contributed by atoms with Crippen LogP contribution in [-0.2, 0) is 24.0 Å². The van der Waals surface area contributed by atoms with E-state index in [2.05, 4.69) is 96.3 Å². The number of hydrogen-bond donors (Lipinski definition) is 6. The molecule has 10 rings (SSSR count). The Morgan fingerprint density at radius 1 is 0.568 bits per heavy atom. The average Bonchev–Trinajstić information content (AvgIpc) is 4.15. The van der Waals surface area contributed by atoms with Crippen LogP contribution in [-0.4, -0.2) is 50.4 Å². The van der Waals surface area contributed by atoms with Crippen LogP contribution in [0.3, 0.4) is 0 Å². The van der Waals surface area contributed by atoms with Gasteiger partial charge in [-0.05, 0) is 79.4 Å². The molecular formula is C63H79IN14O3. The van der Waals surface area contributed by atoms with Crippen LogP contribution in [0.1, 0.15) is 99.1 Å². The minimum Gasteiger partial charge on any atom is -0.487 e. The van der Waals surface area contributed by atoms with Crippen LogP contribution >= 0.6 is 22.6 Å². The minimum atomic E-state index is -0.376. The third-order valence-electron chi connectivity index (χ3n) is 12.0. The summed E-state index contributed by atoms with van der Waals surface area (Å²) in [6, 6.07) is 46.2. The van der Waals surface area contributed by atoms with Gasteiger partial charge in [0, 0.05) is 64.0 Å². The molecule has 18 heteroatoms. The zero-order valence-corrected chi connectivity index (χ0v) is 47.3. The highest BCUT2D eigenvalue weighted by atomic mass is 127. The fourth-order valence-electron chi connectivity index (χ4n) is 7.86. The van der Waals surface area contributed by atoms with Crippen molar-refractivity contribution in [2.75, 3.05) is 38.5 Å². The Morgan fingerprint density at radius 3 is 1.48 bits per heavy atom. The maximum Gasteiger partial charge on any atom is 0.324 e. The Hall–Kier alpha value is -8.78. The van der Waals surface area contributed by atoms with Crippen LogP contribution in [0, 0.1) is 13.8 Å². The number of urea groups is 1. The maximum atomic E-state index is 13.2. The monoisotopic (exact) mass is 1210 g/mol. The van der Waals surface area contributed by atoms with Gasteiger partial charge in [0.05, 0.1) is 39.8 Å². The fourth-order valence-corrected chi connectivity index (χ4v) is 7.86. The van der Waals surface area contributed by atoms with E-state index in [-0.39, 0.29) is 57.6 Å². The number of carbonyl (C=O) groups excluding carboxylic acids is 1. The first kappa shape index (κ1) is 63.1. The maximum absolute atomic E-state index is 13.2. The van der Waals surface area contributed by atoms with Gasteiger partial charge in [-0.25, -0.2) is 34.1 Å². The number of fused-ring (bicyclic) bond motifs is 2. The normalized spacial score (nSPS) is 10.8. The van der Waals surface area contributed by atoms with E-state index in [1.165, 1.54) is 5.56 Å². The molecule has 0 radical (unpaired) electrons. The zero-order chi connectivity index (χ0) is 56.9. The highest BCUT2D eigenvalue weighted by molar-refractivity contribution is 14.1. The molecule has 81 heavy (non-hydrogen) atoms. The number of halogens is 1. The van der Waals surface area contributed by atoms with Crippen LogP contribution in [0.2, 0.25) is 0 Å². The van der Waals surface area contributed by atoms with Crippen LogP contribution in [0.15, 0.2) is 158 Å². The zero-order valence-electron chi connectivity index (χ0n) is 46.1. The molecule has 2 amide bonds. The van der Waals surface area contributed by atoms with Crippen molar-refractivity contribution in [2.24, 2.45) is 0 Å². The Bertz CT molecular complexity index is 3650. The number of hydrogen-bond acceptors (Lipinski definition) is 13. The number of amides is 2. The number of nitrogens with zero attached hydrogens (tertiary/aromatic N) is 8. The van der Waals surface area contributed by atoms with E-state index in [1.807, 2.05) is 151 Å². The number of benzene rings is 6. The summed E-state index contributed by atoms with van der Waals surface area (Å²) in [5, 5.41) is 19.0. The molecule has 0 aliphatic heterocycles. The molecule has 4 heterocycles. The number of aryl methyl sites for hydroxylation is 2. The molecule has 0 bridgehead atoms. The van der Waals surface area contributed by atoms with Gasteiger partial charge < -0.3 is 37.7 Å². The number of ether oxygens (including phenoxy) is 2. The van der Waals surface area contributed by atoms with Gasteiger partial charge in [-0.15, -0.1) is 0 Å². The topological polar surface area (TPSA) is 251 Å². The van der Waals surface area contributed by atoms with Crippen LogP contribution in [0.5, 0.6) is 11.5 Å². The van der Waals surface area contributed by atoms with Crippen molar-refractivity contribution in [1.82, 2.24) is 39.5 Å². The number of rotatable bonds is 10. The second-order valence-corrected chi connectivity index (χ2v) is 20.2. The first-order valence-electron chi connectivity index (χ1n) is 25.6. The summed E-state index contributed by atoms with van der Waals surface area (Å²) in [7, 11) is 0. The second-order valence-electron chi connectivity index (χ2n) is 20.2. The van der Waals surface area contributed by atoms with Crippen molar-refractivity contribution in [3.8, 4) is 22.9 Å². The predicted octanol–water partition coefficient (Wildman–Crippen LogP) is 14.6. The standard InChI is InChI=1S/C30H31N7O2.C15H14N4O.C14H19N3.CH3I.3CH4/c1-19-9-11-21(12-10-19)37-27(17-26(36-37)30(2,3)4)35-29(38)34-24-13-14-25(23-8-6-5-7-22(23)24)39-18-20-15-16-32-28(31)33-20;16-13-5-6-14(12-4-2-1-3-11(12)13)20-9-10-7-8-18-15(17)19-10;1-10-5-7-11(8-6-10)17-13(15)9-12(16-17)14(2,3)4;1-2;;;/h5-17H,18H2,1-4H3,(H2,31,32,33)(H2,34,35,38);1-8H,9,16H2,(H2,17,18,19);5-9H,15H2,1-4H3;1H3;3*1H4/i;;;1D;;;. The van der Waals surface area contributed by atoms with E-state index < -0.39 is 0 Å². The number of anilines is 6. The minimum absolute atomic E-state index is 0. The summed E-state index contributed by atoms with van der Waals surface area (Å²) in [6.45, 7) is 17.3. The van der Waals surface area contributed by atoms with E-state index in [1.54, 1.807) is 33.9 Å². The Balaban J connectivity index is 0.000000282. The Labute approximate surface area is 492 Å². The Morgan fingerprint density at radius 2 is 1.00 bits per heavy atom. The van der Waals surface area contributed by atoms with Crippen molar-refractivity contribution in [3.05, 3.63) is 192 Å². The van der Waals surface area contributed by atoms with Crippen LogP contribution in [0.25, 0.3) is 32.9 Å². The number of nitrogens with one attached hydrogen (secondary N) is 2. The van der Waals surface area contributed by atoms with Crippen molar-refractivity contribution in [1.29, 1.82) is 0 Å². The van der Waals surface area contributed by atoms with Crippen molar-refractivity contribution in [2.45, 2.75) is 102 Å². The molecule has 4 aromatic heterocycles. The van der Waals surface area contributed by atoms with Crippen molar-refractivity contribution >= 4 is 85.1 Å². The van der Waals surface area contributed by atoms with E-state index in [9.17, 15) is 4.79 Å². The molecule has 0 aliphatic rings. The highest BCUT2D eigenvalue weighted by Gasteiger charge is 2.23. The Kier molecular flexibility index (Phi) is 22.5. The predicted molar refractivity (Wildman–Crippen MR) is 345 cm³/mol. The highest BCUT2D eigenvalue weighted by Crippen LogP contribution is 2.34. The molecule has 0 fully saturated rings. The second kappa shape index (κ2) is 28.9. The lowest BCUT2D eigenvalue weighted by Gasteiger charge is -2.14. The summed E-state index contributed by atoms with van der Waals surface area (Å²) >= 11 is 1.96. The summed E-state index contributed by atoms with van der Waals surface area (Å²) in [5.74, 6) is 3.14. The molecule has 6 aromatic carbocycles. The van der Waals surface area contributed by atoms with Gasteiger partial charge in [0.25, 0.3) is 0 Å². The molecule has 426 valence electrons. The lowest BCUT2D eigenvalue weighted by molar-refractivity contribution is 0.262. The lowest BCUT2D eigenvalue weighted by atomic mass is 9.92. The lowest BCUT2D eigenvalue weighted by Crippen LogP contribution is -2.21. The van der Waals surface area contributed by atoms with Gasteiger partial charge in [0.2, 0.25) is 11.9 Å². The number of aromatic nitrogens is 8. The third kappa shape index (κ3) is 17.1. The molecular weight excluding hydrogens is 1130 g/mol. The fraction of sp³-hybridized carbons (Fsp3) is 0.254. The summed E-state index contributed by atoms with van der Waals surface area (Å²) < 4.78 is 21.6. The largest absolute Gasteiger partial charge is 0.487 e. The van der Waals surface area contributed by atoms with E-state index >= 15 is 0 Å². The van der Waals surface area contributed by atoms with E-state index in [0.717, 1.165) is 67.0 Å². The summed E-state index contributed by atoms with van der Waals surface area (Å²) in [5.41, 5.74) is 31.9. The third-order valence-corrected chi connectivity index (χ3v) is 12.0. The van der Waals surface area contributed by atoms with Crippen molar-refractivity contribution < 1.29 is 15.6 Å². The molecule has 10 N–H and O–H groups in total. The van der Waals surface area contributed by atoms with E-state index in [0.29, 0.717) is 40.3 Å². The van der Waals surface area contributed by atoms with Gasteiger partial charge in [0.1, 0.15) is 36.3 Å². The molecule has 10 aromatic rings. The van der Waals surface area contributed by atoms with Gasteiger partial charge in [-0.2, -0.15) is 10.2 Å². The summed E-state index contributed by atoms with van der Waals surface area (Å²) in [6.07, 6.45) is 3.21. The quantitative estimate of drug-likeness (QED) is 0.0424. The van der Waals surface area contributed by atoms with E-state index in [4.69, 9.17) is 38.9 Å². The van der Waals surface area contributed by atoms with Crippen LogP contribution in [0.4, 0.5) is 39.7 Å². The molecule has 0 atom stereocenters. The smallest absolute Gasteiger partial charge is 0.324 e. The summed E-state index contributed by atoms with van der Waals surface area (Å²) in [4.78, 5) is 29.7. The molecule has 0 saturated heterocycles. The number of carbonyl (C=O) groups is 1. The first-order valence-corrected chi connectivity index (χ1v) is 26.5. The van der Waals surface area contributed by atoms with Gasteiger partial charge in [-0.1, -0.05) is 170 Å². The molecule has 0 unspecified atom stereocenters. The molecule has 0 saturated carbocycles. The van der Waals surface area contributed by atoms with Crippen LogP contribution < -0.4 is 43.0 Å². The number of nitrogens with two attached hydrogens (primary N) is 4. The van der Waals surface area contributed by atoms with Gasteiger partial charge in [0.15, 0.2) is 0 Å². The number of alkyl halides is 1. The first-order chi connectivity index (χ1) is 37.7.